The number of hydrogen-bond acceptors (Lipinski definition) is 3. The molecule has 1 fully saturated rings. The Hall–Kier alpha value is -1.36. The van der Waals surface area contributed by atoms with E-state index in [1.54, 1.807) is 0 Å². The molecule has 0 unspecified atom stereocenters. The van der Waals surface area contributed by atoms with Gasteiger partial charge in [-0.15, -0.1) is 0 Å². The lowest BCUT2D eigenvalue weighted by Crippen LogP contribution is -2.37. The number of aliphatic carboxylic acids is 1. The topological polar surface area (TPSA) is 86.6 Å². The van der Waals surface area contributed by atoms with E-state index in [1.165, 1.54) is 0 Å². The van der Waals surface area contributed by atoms with Gasteiger partial charge in [0.2, 0.25) is 5.91 Å². The van der Waals surface area contributed by atoms with E-state index in [9.17, 15) is 14.7 Å². The van der Waals surface area contributed by atoms with Crippen LogP contribution in [0.3, 0.4) is 0 Å². The fraction of sp³-hybridized carbons (Fsp3) is 0.600. The van der Waals surface area contributed by atoms with Crippen LogP contribution in [0.2, 0.25) is 0 Å². The van der Waals surface area contributed by atoms with Gasteiger partial charge >= 0.3 is 5.97 Å². The number of amides is 1. The molecule has 0 aliphatic heterocycles. The Labute approximate surface area is 87.8 Å². The van der Waals surface area contributed by atoms with E-state index < -0.39 is 11.9 Å². The van der Waals surface area contributed by atoms with Crippen LogP contribution in [0.5, 0.6) is 0 Å². The molecule has 1 aliphatic rings. The highest BCUT2D eigenvalue weighted by Gasteiger charge is 2.19. The van der Waals surface area contributed by atoms with Crippen molar-refractivity contribution in [2.45, 2.75) is 37.8 Å². The summed E-state index contributed by atoms with van der Waals surface area (Å²) in [5.41, 5.74) is 0. The molecule has 1 rings (SSSR count). The molecule has 0 saturated heterocycles. The highest BCUT2D eigenvalue weighted by atomic mass is 16.4. The molecule has 1 saturated carbocycles. The van der Waals surface area contributed by atoms with Crippen LogP contribution in [0.4, 0.5) is 0 Å². The van der Waals surface area contributed by atoms with Gasteiger partial charge in [-0.3, -0.25) is 4.79 Å². The summed E-state index contributed by atoms with van der Waals surface area (Å²) in [5.74, 6) is -1.52. The predicted octanol–water partition coefficient (Wildman–Crippen LogP) is 0.0469. The van der Waals surface area contributed by atoms with Crippen LogP contribution in [-0.4, -0.2) is 34.2 Å². The molecule has 0 atom stereocenters. The van der Waals surface area contributed by atoms with Crippen LogP contribution in [0.25, 0.3) is 0 Å². The van der Waals surface area contributed by atoms with Gasteiger partial charge in [0.1, 0.15) is 0 Å². The summed E-state index contributed by atoms with van der Waals surface area (Å²) in [4.78, 5) is 21.3. The highest BCUT2D eigenvalue weighted by Crippen LogP contribution is 2.18. The van der Waals surface area contributed by atoms with Crippen molar-refractivity contribution >= 4 is 11.9 Å². The molecular weight excluding hydrogens is 198 g/mol. The second-order valence-corrected chi connectivity index (χ2v) is 3.69. The molecule has 0 radical (unpaired) electrons. The third-order valence-corrected chi connectivity index (χ3v) is 2.42. The van der Waals surface area contributed by atoms with Crippen molar-refractivity contribution in [3.05, 3.63) is 12.2 Å². The number of rotatable bonds is 3. The molecule has 0 heterocycles. The molecule has 0 aromatic carbocycles. The Morgan fingerprint density at radius 2 is 1.73 bits per heavy atom. The number of carboxylic acid groups (broad SMARTS) is 1. The minimum atomic E-state index is -1.13. The Bertz CT molecular complexity index is 267. The average Bonchev–Trinajstić information content (AvgIpc) is 2.19. The van der Waals surface area contributed by atoms with Gasteiger partial charge in [0.25, 0.3) is 0 Å². The van der Waals surface area contributed by atoms with Gasteiger partial charge in [0.05, 0.1) is 6.10 Å². The van der Waals surface area contributed by atoms with Crippen molar-refractivity contribution < 1.29 is 19.8 Å². The molecule has 5 heteroatoms. The number of nitrogens with one attached hydrogen (secondary N) is 1. The van der Waals surface area contributed by atoms with E-state index in [0.29, 0.717) is 12.8 Å². The number of carboxylic acids is 1. The van der Waals surface area contributed by atoms with E-state index in [-0.39, 0.29) is 12.1 Å². The van der Waals surface area contributed by atoms with Gasteiger partial charge in [-0.25, -0.2) is 4.79 Å². The lowest BCUT2D eigenvalue weighted by Gasteiger charge is -2.25. The third-order valence-electron chi connectivity index (χ3n) is 2.42. The van der Waals surface area contributed by atoms with E-state index in [1.807, 2.05) is 0 Å². The maximum Gasteiger partial charge on any atom is 0.328 e. The first-order valence-corrected chi connectivity index (χ1v) is 4.97. The molecule has 3 N–H and O–H groups in total. The van der Waals surface area contributed by atoms with Gasteiger partial charge in [0, 0.05) is 18.2 Å². The van der Waals surface area contributed by atoms with Crippen molar-refractivity contribution in [3.8, 4) is 0 Å². The summed E-state index contributed by atoms with van der Waals surface area (Å²) in [6, 6.07) is 0.0549. The molecular formula is C10H15NO4. The highest BCUT2D eigenvalue weighted by molar-refractivity contribution is 5.93. The smallest absolute Gasteiger partial charge is 0.328 e. The van der Waals surface area contributed by atoms with Crippen LogP contribution in [0.1, 0.15) is 25.7 Å². The zero-order chi connectivity index (χ0) is 11.3. The SMILES string of the molecule is O=C(O)/C=C/C(=O)NC1CCC(O)CC1. The average molecular weight is 213 g/mol. The van der Waals surface area contributed by atoms with E-state index in [2.05, 4.69) is 5.32 Å². The minimum Gasteiger partial charge on any atom is -0.478 e. The monoisotopic (exact) mass is 213 g/mol. The largest absolute Gasteiger partial charge is 0.478 e. The summed E-state index contributed by atoms with van der Waals surface area (Å²) in [7, 11) is 0. The summed E-state index contributed by atoms with van der Waals surface area (Å²) in [6.07, 6.45) is 4.43. The first-order chi connectivity index (χ1) is 7.08. The maximum absolute atomic E-state index is 11.2. The molecule has 1 aliphatic carbocycles. The Balaban J connectivity index is 2.29. The van der Waals surface area contributed by atoms with Crippen LogP contribution >= 0.6 is 0 Å². The number of aliphatic hydroxyl groups excluding tert-OH is 1. The fourth-order valence-corrected chi connectivity index (χ4v) is 1.62. The number of aliphatic hydroxyl groups is 1. The first kappa shape index (κ1) is 11.7. The van der Waals surface area contributed by atoms with Crippen molar-refractivity contribution in [2.75, 3.05) is 0 Å². The summed E-state index contributed by atoms with van der Waals surface area (Å²) >= 11 is 0. The zero-order valence-electron chi connectivity index (χ0n) is 8.35. The molecule has 0 spiro atoms. The van der Waals surface area contributed by atoms with Crippen LogP contribution in [-0.2, 0) is 9.59 Å². The lowest BCUT2D eigenvalue weighted by atomic mass is 9.93. The van der Waals surface area contributed by atoms with Gasteiger partial charge in [-0.1, -0.05) is 0 Å². The molecule has 5 nitrogen and oxygen atoms in total. The Morgan fingerprint density at radius 1 is 1.13 bits per heavy atom. The van der Waals surface area contributed by atoms with Gasteiger partial charge < -0.3 is 15.5 Å². The first-order valence-electron chi connectivity index (χ1n) is 4.97. The molecule has 15 heavy (non-hydrogen) atoms. The normalized spacial score (nSPS) is 26.5. The van der Waals surface area contributed by atoms with Crippen molar-refractivity contribution in [3.63, 3.8) is 0 Å². The summed E-state index contributed by atoms with van der Waals surface area (Å²) in [5, 5.41) is 20.2. The van der Waals surface area contributed by atoms with Gasteiger partial charge in [-0.05, 0) is 25.7 Å². The van der Waals surface area contributed by atoms with Gasteiger partial charge in [0.15, 0.2) is 0 Å². The van der Waals surface area contributed by atoms with E-state index >= 15 is 0 Å². The third kappa shape index (κ3) is 4.60. The van der Waals surface area contributed by atoms with Crippen molar-refractivity contribution in [1.29, 1.82) is 0 Å². The van der Waals surface area contributed by atoms with Crippen molar-refractivity contribution in [2.24, 2.45) is 0 Å². The zero-order valence-corrected chi connectivity index (χ0v) is 8.35. The van der Waals surface area contributed by atoms with E-state index in [0.717, 1.165) is 25.0 Å². The number of carbonyl (C=O) groups is 2. The second kappa shape index (κ2) is 5.50. The van der Waals surface area contributed by atoms with Crippen LogP contribution < -0.4 is 5.32 Å². The molecule has 84 valence electrons. The lowest BCUT2D eigenvalue weighted by molar-refractivity contribution is -0.131. The van der Waals surface area contributed by atoms with Gasteiger partial charge in [-0.2, -0.15) is 0 Å². The van der Waals surface area contributed by atoms with Crippen LogP contribution in [0, 0.1) is 0 Å². The predicted molar refractivity (Wildman–Crippen MR) is 53.2 cm³/mol. The quantitative estimate of drug-likeness (QED) is 0.578. The Kier molecular flexibility index (Phi) is 4.30. The number of carbonyl (C=O) groups excluding carboxylic acids is 1. The van der Waals surface area contributed by atoms with E-state index in [4.69, 9.17) is 5.11 Å². The Morgan fingerprint density at radius 3 is 2.27 bits per heavy atom. The molecule has 0 aromatic heterocycles. The summed E-state index contributed by atoms with van der Waals surface area (Å²) in [6.45, 7) is 0. The summed E-state index contributed by atoms with van der Waals surface area (Å²) < 4.78 is 0. The minimum absolute atomic E-state index is 0.0549. The molecule has 0 bridgehead atoms. The fourth-order valence-electron chi connectivity index (χ4n) is 1.62. The second-order valence-electron chi connectivity index (χ2n) is 3.69. The van der Waals surface area contributed by atoms with Crippen LogP contribution in [0.15, 0.2) is 12.2 Å². The standard InChI is InChI=1S/C10H15NO4/c12-8-3-1-7(2-4-8)11-9(13)5-6-10(14)15/h5-8,12H,1-4H2,(H,11,13)(H,14,15)/b6-5+. The molecule has 0 aromatic rings. The molecule has 1 amide bonds. The number of hydrogen-bond donors (Lipinski definition) is 3. The maximum atomic E-state index is 11.2. The van der Waals surface area contributed by atoms with Crippen molar-refractivity contribution in [1.82, 2.24) is 5.32 Å².